The smallest absolute Gasteiger partial charge is 0.306 e. The van der Waals surface area contributed by atoms with Gasteiger partial charge in [0.1, 0.15) is 6.61 Å². The Morgan fingerprint density at radius 3 is 0.905 bits per heavy atom. The molecule has 5 heteroatoms. The van der Waals surface area contributed by atoms with Crippen molar-refractivity contribution in [3.05, 3.63) is 170 Å². The highest BCUT2D eigenvalue weighted by Crippen LogP contribution is 2.13. The Bertz CT molecular complexity index is 1670. The molecule has 0 spiro atoms. The zero-order valence-corrected chi connectivity index (χ0v) is 47.3. The summed E-state index contributed by atoms with van der Waals surface area (Å²) in [6.07, 6.45) is 97.5. The van der Waals surface area contributed by atoms with Crippen LogP contribution in [0.1, 0.15) is 232 Å². The molecule has 0 aliphatic heterocycles. The van der Waals surface area contributed by atoms with Crippen LogP contribution in [-0.4, -0.2) is 36.4 Å². The van der Waals surface area contributed by atoms with Gasteiger partial charge in [-0.05, 0) is 135 Å². The van der Waals surface area contributed by atoms with Crippen LogP contribution in [0.4, 0.5) is 0 Å². The lowest BCUT2D eigenvalue weighted by Crippen LogP contribution is -2.28. The Morgan fingerprint density at radius 1 is 0.324 bits per heavy atom. The Morgan fingerprint density at radius 2 is 0.581 bits per heavy atom. The summed E-state index contributed by atoms with van der Waals surface area (Å²) in [6.45, 7) is 3.97. The van der Waals surface area contributed by atoms with E-state index in [-0.39, 0.29) is 31.6 Å². The largest absolute Gasteiger partial charge is 0.462 e. The molecule has 0 saturated carbocycles. The summed E-state index contributed by atoms with van der Waals surface area (Å²) >= 11 is 0. The molecule has 0 aliphatic carbocycles. The lowest BCUT2D eigenvalue weighted by Gasteiger charge is -2.15. The van der Waals surface area contributed by atoms with Gasteiger partial charge in [-0.1, -0.05) is 255 Å². The highest BCUT2D eigenvalue weighted by atomic mass is 16.6. The first-order valence-corrected chi connectivity index (χ1v) is 29.7. The number of allylic oxidation sites excluding steroid dienone is 28. The molecule has 1 unspecified atom stereocenters. The zero-order valence-electron chi connectivity index (χ0n) is 47.3. The fourth-order valence-electron chi connectivity index (χ4n) is 7.57. The van der Waals surface area contributed by atoms with Gasteiger partial charge < -0.3 is 14.6 Å². The molecule has 0 amide bonds. The Balaban J connectivity index is 3.70. The number of hydrogen-bond acceptors (Lipinski definition) is 5. The Labute approximate surface area is 455 Å². The molecule has 0 aromatic rings. The topological polar surface area (TPSA) is 72.8 Å². The van der Waals surface area contributed by atoms with E-state index >= 15 is 0 Å². The fraction of sp³-hybridized carbons (Fsp3) is 0.565. The molecule has 74 heavy (non-hydrogen) atoms. The number of aliphatic hydroxyl groups excluding tert-OH is 1. The fourth-order valence-corrected chi connectivity index (χ4v) is 7.57. The van der Waals surface area contributed by atoms with Crippen molar-refractivity contribution in [1.29, 1.82) is 0 Å². The van der Waals surface area contributed by atoms with Gasteiger partial charge in [-0.25, -0.2) is 0 Å². The van der Waals surface area contributed by atoms with Gasteiger partial charge in [0.05, 0.1) is 6.61 Å². The van der Waals surface area contributed by atoms with Crippen molar-refractivity contribution in [1.82, 2.24) is 0 Å². The van der Waals surface area contributed by atoms with E-state index in [1.165, 1.54) is 83.5 Å². The maximum atomic E-state index is 12.3. The molecule has 0 aromatic carbocycles. The second-order valence-corrected chi connectivity index (χ2v) is 19.0. The van der Waals surface area contributed by atoms with Gasteiger partial charge in [0, 0.05) is 12.8 Å². The number of carbonyl (C=O) groups is 2. The summed E-state index contributed by atoms with van der Waals surface area (Å²) in [5.74, 6) is -0.657. The zero-order chi connectivity index (χ0) is 53.4. The Kier molecular flexibility index (Phi) is 58.5. The predicted octanol–water partition coefficient (Wildman–Crippen LogP) is 20.5. The van der Waals surface area contributed by atoms with Crippen molar-refractivity contribution in [2.75, 3.05) is 13.2 Å². The van der Waals surface area contributed by atoms with E-state index < -0.39 is 6.10 Å². The third-order valence-corrected chi connectivity index (χ3v) is 12.0. The standard InChI is InChI=1S/C69H108O5/c1-3-5-7-9-11-13-15-17-19-21-23-25-26-27-28-29-30-31-32-33-34-35-36-37-38-39-40-41-42-44-46-48-50-52-54-56-58-60-62-64-69(72)74-67(65-70)66-73-68(71)63-61-59-57-55-53-51-49-47-45-43-24-22-20-18-16-14-12-10-8-6-4-2/h5,7,11,13,16-19,22-25,27-28,30-31,33-34,36-37,39-40,42,44,48,50,54,56,67,70H,3-4,6,8-10,12,14-15,20-21,26,29,32,35,38,41,43,45-47,49,51-53,55,57-66H2,1-2H3/b7-5-,13-11-,18-16-,19-17-,24-22-,25-23-,28-27-,31-30-,34-33-,37-36-,40-39-,44-42-,50-48-,56-54-. The number of rotatable bonds is 52. The highest BCUT2D eigenvalue weighted by molar-refractivity contribution is 5.70. The van der Waals surface area contributed by atoms with Crippen LogP contribution in [0.15, 0.2) is 170 Å². The number of aliphatic hydroxyl groups is 1. The van der Waals surface area contributed by atoms with Gasteiger partial charge in [-0.3, -0.25) is 9.59 Å². The number of carbonyl (C=O) groups excluding carboxylic acids is 2. The summed E-state index contributed by atoms with van der Waals surface area (Å²) < 4.78 is 10.7. The van der Waals surface area contributed by atoms with E-state index in [2.05, 4.69) is 184 Å². The van der Waals surface area contributed by atoms with Crippen molar-refractivity contribution < 1.29 is 24.2 Å². The van der Waals surface area contributed by atoms with Gasteiger partial charge in [0.2, 0.25) is 0 Å². The second-order valence-electron chi connectivity index (χ2n) is 19.0. The molecule has 1 atom stereocenters. The van der Waals surface area contributed by atoms with Crippen LogP contribution < -0.4 is 0 Å². The molecule has 0 radical (unpaired) electrons. The van der Waals surface area contributed by atoms with Gasteiger partial charge >= 0.3 is 11.9 Å². The molecule has 0 aliphatic rings. The van der Waals surface area contributed by atoms with Crippen LogP contribution in [-0.2, 0) is 19.1 Å². The molecule has 0 heterocycles. The van der Waals surface area contributed by atoms with Crippen molar-refractivity contribution >= 4 is 11.9 Å². The number of hydrogen-bond donors (Lipinski definition) is 1. The van der Waals surface area contributed by atoms with E-state index in [1.54, 1.807) is 0 Å². The van der Waals surface area contributed by atoms with Crippen molar-refractivity contribution in [2.24, 2.45) is 0 Å². The summed E-state index contributed by atoms with van der Waals surface area (Å²) in [6, 6.07) is 0. The van der Waals surface area contributed by atoms with Crippen LogP contribution in [0.5, 0.6) is 0 Å². The molecular weight excluding hydrogens is 909 g/mol. The molecule has 1 N–H and O–H groups in total. The van der Waals surface area contributed by atoms with Gasteiger partial charge in [-0.15, -0.1) is 0 Å². The molecule has 0 saturated heterocycles. The first-order chi connectivity index (χ1) is 36.6. The lowest BCUT2D eigenvalue weighted by atomic mass is 10.1. The lowest BCUT2D eigenvalue weighted by molar-refractivity contribution is -0.161. The molecule has 0 rings (SSSR count). The van der Waals surface area contributed by atoms with E-state index in [0.717, 1.165) is 116 Å². The SMILES string of the molecule is CC/C=C\C/C=C\C/C=C\C/C=C\C/C=C\C/C=C\C/C=C\C/C=C\C/C=C\C/C=C\C/C=C\C/C=C\CCCCC(=O)OC(CO)COC(=O)CCCCCCCCCCC/C=C\C/C=C\CCCCCCC. The average molecular weight is 1020 g/mol. The van der Waals surface area contributed by atoms with Crippen LogP contribution in [0.2, 0.25) is 0 Å². The summed E-state index contributed by atoms with van der Waals surface area (Å²) in [5, 5.41) is 9.65. The van der Waals surface area contributed by atoms with Crippen molar-refractivity contribution in [2.45, 2.75) is 238 Å². The van der Waals surface area contributed by atoms with E-state index in [1.807, 2.05) is 0 Å². The summed E-state index contributed by atoms with van der Waals surface area (Å²) in [4.78, 5) is 24.5. The minimum atomic E-state index is -0.811. The van der Waals surface area contributed by atoms with Crippen LogP contribution in [0, 0.1) is 0 Å². The summed E-state index contributed by atoms with van der Waals surface area (Å²) in [5.41, 5.74) is 0. The third kappa shape index (κ3) is 59.8. The quantitative estimate of drug-likeness (QED) is 0.0373. The number of unbranched alkanes of at least 4 members (excludes halogenated alkanes) is 16. The molecule has 5 nitrogen and oxygen atoms in total. The number of ether oxygens (including phenoxy) is 2. The Hall–Kier alpha value is -4.74. The first kappa shape index (κ1) is 69.3. The molecule has 414 valence electrons. The second kappa shape index (κ2) is 62.6. The van der Waals surface area contributed by atoms with Gasteiger partial charge in [0.15, 0.2) is 6.10 Å². The van der Waals surface area contributed by atoms with Crippen molar-refractivity contribution in [3.8, 4) is 0 Å². The first-order valence-electron chi connectivity index (χ1n) is 29.7. The monoisotopic (exact) mass is 1020 g/mol. The molecule has 0 bridgehead atoms. The van der Waals surface area contributed by atoms with Crippen molar-refractivity contribution in [3.63, 3.8) is 0 Å². The van der Waals surface area contributed by atoms with Gasteiger partial charge in [0.25, 0.3) is 0 Å². The third-order valence-electron chi connectivity index (χ3n) is 12.0. The van der Waals surface area contributed by atoms with E-state index in [9.17, 15) is 14.7 Å². The van der Waals surface area contributed by atoms with E-state index in [4.69, 9.17) is 9.47 Å². The minimum absolute atomic E-state index is 0.0964. The van der Waals surface area contributed by atoms with Crippen LogP contribution in [0.3, 0.4) is 0 Å². The maximum Gasteiger partial charge on any atom is 0.306 e. The van der Waals surface area contributed by atoms with E-state index in [0.29, 0.717) is 12.8 Å². The number of esters is 2. The average Bonchev–Trinajstić information content (AvgIpc) is 3.40. The van der Waals surface area contributed by atoms with Crippen LogP contribution in [0.25, 0.3) is 0 Å². The summed E-state index contributed by atoms with van der Waals surface area (Å²) in [7, 11) is 0. The van der Waals surface area contributed by atoms with Crippen LogP contribution >= 0.6 is 0 Å². The molecule has 0 aromatic heterocycles. The maximum absolute atomic E-state index is 12.3. The predicted molar refractivity (Wildman–Crippen MR) is 324 cm³/mol. The normalized spacial score (nSPS) is 13.5. The highest BCUT2D eigenvalue weighted by Gasteiger charge is 2.16. The van der Waals surface area contributed by atoms with Gasteiger partial charge in [-0.2, -0.15) is 0 Å². The molecular formula is C69H108O5. The minimum Gasteiger partial charge on any atom is -0.462 e. The molecule has 0 fully saturated rings.